The van der Waals surface area contributed by atoms with Crippen molar-refractivity contribution in [1.29, 1.82) is 0 Å². The second-order valence-electron chi connectivity index (χ2n) is 6.66. The summed E-state index contributed by atoms with van der Waals surface area (Å²) < 4.78 is 1.86. The molecule has 0 bridgehead atoms. The van der Waals surface area contributed by atoms with E-state index in [1.165, 1.54) is 5.56 Å². The molecule has 0 saturated carbocycles. The lowest BCUT2D eigenvalue weighted by molar-refractivity contribution is 0.0935. The van der Waals surface area contributed by atoms with Crippen LogP contribution in [0.4, 0.5) is 0 Å². The van der Waals surface area contributed by atoms with Crippen LogP contribution < -0.4 is 5.32 Å². The Morgan fingerprint density at radius 1 is 1.20 bits per heavy atom. The predicted molar refractivity (Wildman–Crippen MR) is 99.6 cm³/mol. The molecule has 1 atom stereocenters. The molecular formula is C20H24N4O. The second-order valence-corrected chi connectivity index (χ2v) is 6.66. The average Bonchev–Trinajstić information content (AvgIpc) is 3.03. The summed E-state index contributed by atoms with van der Waals surface area (Å²) in [5.41, 5.74) is 3.68. The van der Waals surface area contributed by atoms with Gasteiger partial charge in [-0.25, -0.2) is 9.67 Å². The van der Waals surface area contributed by atoms with Crippen LogP contribution in [0.15, 0.2) is 42.7 Å². The molecule has 25 heavy (non-hydrogen) atoms. The van der Waals surface area contributed by atoms with Gasteiger partial charge in [0.2, 0.25) is 0 Å². The van der Waals surface area contributed by atoms with Gasteiger partial charge in [0.15, 0.2) is 5.65 Å². The zero-order valence-electron chi connectivity index (χ0n) is 15.2. The van der Waals surface area contributed by atoms with E-state index in [-0.39, 0.29) is 18.0 Å². The molecule has 3 aromatic rings. The topological polar surface area (TPSA) is 59.8 Å². The first-order valence-electron chi connectivity index (χ1n) is 8.70. The summed E-state index contributed by atoms with van der Waals surface area (Å²) in [6.45, 7) is 8.24. The minimum atomic E-state index is -0.112. The summed E-state index contributed by atoms with van der Waals surface area (Å²) in [6.07, 6.45) is 4.21. The van der Waals surface area contributed by atoms with Crippen molar-refractivity contribution in [3.8, 4) is 0 Å². The predicted octanol–water partition coefficient (Wildman–Crippen LogP) is 4.20. The van der Waals surface area contributed by atoms with Crippen LogP contribution in [0.1, 0.15) is 60.8 Å². The summed E-state index contributed by atoms with van der Waals surface area (Å²) in [5.74, 6) is -0.112. The van der Waals surface area contributed by atoms with Gasteiger partial charge in [0, 0.05) is 17.6 Å². The van der Waals surface area contributed by atoms with E-state index in [0.717, 1.165) is 23.0 Å². The third-order valence-corrected chi connectivity index (χ3v) is 4.38. The molecule has 1 amide bonds. The third-order valence-electron chi connectivity index (χ3n) is 4.38. The first kappa shape index (κ1) is 17.1. The molecule has 5 nitrogen and oxygen atoms in total. The van der Waals surface area contributed by atoms with Gasteiger partial charge in [-0.15, -0.1) is 0 Å². The lowest BCUT2D eigenvalue weighted by Gasteiger charge is -2.17. The number of hydrogen-bond donors (Lipinski definition) is 1. The van der Waals surface area contributed by atoms with Gasteiger partial charge >= 0.3 is 0 Å². The molecule has 0 unspecified atom stereocenters. The van der Waals surface area contributed by atoms with Crippen LogP contribution in [-0.2, 0) is 0 Å². The number of fused-ring (bicyclic) bond motifs is 1. The van der Waals surface area contributed by atoms with E-state index in [9.17, 15) is 4.79 Å². The van der Waals surface area contributed by atoms with Crippen LogP contribution >= 0.6 is 0 Å². The quantitative estimate of drug-likeness (QED) is 0.759. The zero-order chi connectivity index (χ0) is 18.0. The maximum atomic E-state index is 12.7. The van der Waals surface area contributed by atoms with Crippen molar-refractivity contribution in [2.75, 3.05) is 0 Å². The first-order valence-corrected chi connectivity index (χ1v) is 8.70. The van der Waals surface area contributed by atoms with Crippen LogP contribution in [0, 0.1) is 6.92 Å². The Hall–Kier alpha value is -2.69. The van der Waals surface area contributed by atoms with Crippen LogP contribution in [-0.4, -0.2) is 20.7 Å². The molecule has 2 aromatic heterocycles. The molecule has 130 valence electrons. The highest BCUT2D eigenvalue weighted by Gasteiger charge is 2.16. The molecule has 0 aliphatic carbocycles. The second kappa shape index (κ2) is 7.05. The lowest BCUT2D eigenvalue weighted by Crippen LogP contribution is -2.28. The van der Waals surface area contributed by atoms with E-state index in [2.05, 4.69) is 67.4 Å². The molecule has 0 saturated heterocycles. The van der Waals surface area contributed by atoms with E-state index in [0.29, 0.717) is 5.56 Å². The standard InChI is InChI=1S/C20H24N4O/c1-5-18(15-8-6-14(4)7-9-15)23-20(25)17-10-16-12-22-24(13(2)3)19(16)21-11-17/h6-13,18H,5H2,1-4H3,(H,23,25)/t18-/m0/s1. The molecule has 0 aliphatic rings. The minimum absolute atomic E-state index is 0.0119. The Bertz CT molecular complexity index is 880. The number of nitrogens with zero attached hydrogens (tertiary/aromatic N) is 3. The number of aromatic nitrogens is 3. The smallest absolute Gasteiger partial charge is 0.253 e. The lowest BCUT2D eigenvalue weighted by atomic mass is 10.0. The number of pyridine rings is 1. The maximum absolute atomic E-state index is 12.7. The molecule has 3 rings (SSSR count). The fraction of sp³-hybridized carbons (Fsp3) is 0.350. The SMILES string of the molecule is CC[C@H](NC(=O)c1cnc2c(cnn2C(C)C)c1)c1ccc(C)cc1. The van der Waals surface area contributed by atoms with Crippen LogP contribution in [0.25, 0.3) is 11.0 Å². The molecule has 0 aliphatic heterocycles. The normalized spacial score (nSPS) is 12.5. The van der Waals surface area contributed by atoms with Gasteiger partial charge < -0.3 is 5.32 Å². The minimum Gasteiger partial charge on any atom is -0.345 e. The van der Waals surface area contributed by atoms with E-state index >= 15 is 0 Å². The molecule has 0 fully saturated rings. The molecule has 0 radical (unpaired) electrons. The van der Waals surface area contributed by atoms with Crippen molar-refractivity contribution in [1.82, 2.24) is 20.1 Å². The van der Waals surface area contributed by atoms with Gasteiger partial charge in [-0.1, -0.05) is 36.8 Å². The number of carbonyl (C=O) groups excluding carboxylic acids is 1. The maximum Gasteiger partial charge on any atom is 0.253 e. The number of aryl methyl sites for hydroxylation is 1. The summed E-state index contributed by atoms with van der Waals surface area (Å²) >= 11 is 0. The summed E-state index contributed by atoms with van der Waals surface area (Å²) in [7, 11) is 0. The summed E-state index contributed by atoms with van der Waals surface area (Å²) in [4.78, 5) is 17.1. The summed E-state index contributed by atoms with van der Waals surface area (Å²) in [5, 5.41) is 8.34. The van der Waals surface area contributed by atoms with E-state index in [4.69, 9.17) is 0 Å². The van der Waals surface area contributed by atoms with Crippen LogP contribution in [0.5, 0.6) is 0 Å². The first-order chi connectivity index (χ1) is 12.0. The fourth-order valence-corrected chi connectivity index (χ4v) is 2.90. The van der Waals surface area contributed by atoms with Crippen molar-refractivity contribution >= 4 is 16.9 Å². The monoisotopic (exact) mass is 336 g/mol. The summed E-state index contributed by atoms with van der Waals surface area (Å²) in [6, 6.07) is 10.3. The van der Waals surface area contributed by atoms with Crippen molar-refractivity contribution < 1.29 is 4.79 Å². The zero-order valence-corrected chi connectivity index (χ0v) is 15.2. The van der Waals surface area contributed by atoms with Gasteiger partial charge in [-0.05, 0) is 38.8 Å². The third kappa shape index (κ3) is 3.55. The number of carbonyl (C=O) groups is 1. The number of rotatable bonds is 5. The number of hydrogen-bond acceptors (Lipinski definition) is 3. The van der Waals surface area contributed by atoms with Crippen molar-refractivity contribution in [2.45, 2.75) is 46.2 Å². The highest BCUT2D eigenvalue weighted by atomic mass is 16.1. The Labute approximate surface area is 148 Å². The molecule has 2 heterocycles. The van der Waals surface area contributed by atoms with E-state index in [1.807, 2.05) is 10.7 Å². The fourth-order valence-electron chi connectivity index (χ4n) is 2.90. The highest BCUT2D eigenvalue weighted by Crippen LogP contribution is 2.20. The number of amides is 1. The van der Waals surface area contributed by atoms with Gasteiger partial charge in [-0.3, -0.25) is 4.79 Å². The Kier molecular flexibility index (Phi) is 4.83. The Morgan fingerprint density at radius 3 is 2.56 bits per heavy atom. The van der Waals surface area contributed by atoms with Crippen molar-refractivity contribution in [2.24, 2.45) is 0 Å². The Balaban J connectivity index is 1.82. The van der Waals surface area contributed by atoms with Crippen LogP contribution in [0.2, 0.25) is 0 Å². The van der Waals surface area contributed by atoms with Gasteiger partial charge in [0.1, 0.15) is 0 Å². The van der Waals surface area contributed by atoms with E-state index < -0.39 is 0 Å². The van der Waals surface area contributed by atoms with Gasteiger partial charge in [-0.2, -0.15) is 5.10 Å². The van der Waals surface area contributed by atoms with E-state index in [1.54, 1.807) is 12.4 Å². The molecule has 0 spiro atoms. The van der Waals surface area contributed by atoms with Crippen LogP contribution in [0.3, 0.4) is 0 Å². The average molecular weight is 336 g/mol. The van der Waals surface area contributed by atoms with Gasteiger partial charge in [0.05, 0.1) is 17.8 Å². The molecule has 1 N–H and O–H groups in total. The Morgan fingerprint density at radius 2 is 1.92 bits per heavy atom. The van der Waals surface area contributed by atoms with Crippen molar-refractivity contribution in [3.63, 3.8) is 0 Å². The molecule has 1 aromatic carbocycles. The molecular weight excluding hydrogens is 312 g/mol. The highest BCUT2D eigenvalue weighted by molar-refractivity contribution is 5.97. The van der Waals surface area contributed by atoms with Crippen molar-refractivity contribution in [3.05, 3.63) is 59.4 Å². The number of benzene rings is 1. The van der Waals surface area contributed by atoms with Gasteiger partial charge in [0.25, 0.3) is 5.91 Å². The largest absolute Gasteiger partial charge is 0.345 e. The molecule has 5 heteroatoms. The number of nitrogens with one attached hydrogen (secondary N) is 1.